The number of carbonyl (C=O) groups is 1. The van der Waals surface area contributed by atoms with Gasteiger partial charge in [0.05, 0.1) is 21.3 Å². The number of amides is 1. The molecular weight excluding hydrogens is 351 g/mol. The van der Waals surface area contributed by atoms with Gasteiger partial charge in [-0.3, -0.25) is 4.79 Å². The highest BCUT2D eigenvalue weighted by molar-refractivity contribution is 9.10. The molecule has 0 aliphatic heterocycles. The van der Waals surface area contributed by atoms with Crippen molar-refractivity contribution in [1.82, 2.24) is 0 Å². The molecule has 2 aromatic rings. The van der Waals surface area contributed by atoms with Crippen molar-refractivity contribution in [3.63, 3.8) is 0 Å². The summed E-state index contributed by atoms with van der Waals surface area (Å²) in [5.74, 6) is -0.367. The first-order chi connectivity index (χ1) is 8.99. The van der Waals surface area contributed by atoms with Crippen LogP contribution in [0.25, 0.3) is 0 Å². The molecule has 0 saturated heterocycles. The van der Waals surface area contributed by atoms with Crippen LogP contribution >= 0.6 is 39.1 Å². The molecule has 19 heavy (non-hydrogen) atoms. The number of nitrogens with two attached hydrogens (primary N) is 1. The van der Waals surface area contributed by atoms with Gasteiger partial charge in [0.25, 0.3) is 5.91 Å². The molecule has 0 radical (unpaired) electrons. The fourth-order valence-electron chi connectivity index (χ4n) is 1.52. The number of para-hydroxylation sites is 1. The molecule has 1 amide bonds. The minimum absolute atomic E-state index is 0.352. The van der Waals surface area contributed by atoms with Crippen molar-refractivity contribution in [2.45, 2.75) is 0 Å². The van der Waals surface area contributed by atoms with Crippen molar-refractivity contribution in [3.8, 4) is 0 Å². The molecule has 0 aliphatic rings. The highest BCUT2D eigenvalue weighted by Gasteiger charge is 2.14. The van der Waals surface area contributed by atoms with Gasteiger partial charge in [0, 0.05) is 10.2 Å². The Morgan fingerprint density at radius 2 is 1.79 bits per heavy atom. The molecule has 0 atom stereocenters. The number of nitrogens with one attached hydrogen (secondary N) is 1. The summed E-state index contributed by atoms with van der Waals surface area (Å²) in [5, 5.41) is 3.40. The van der Waals surface area contributed by atoms with Gasteiger partial charge >= 0.3 is 0 Å². The Balaban J connectivity index is 2.34. The van der Waals surface area contributed by atoms with E-state index in [0.29, 0.717) is 27.0 Å². The van der Waals surface area contributed by atoms with Gasteiger partial charge in [0.1, 0.15) is 0 Å². The summed E-state index contributed by atoms with van der Waals surface area (Å²) < 4.78 is 0.761. The molecule has 6 heteroatoms. The normalized spacial score (nSPS) is 10.3. The maximum Gasteiger partial charge on any atom is 0.257 e. The number of carbonyl (C=O) groups excluding carboxylic acids is 1. The summed E-state index contributed by atoms with van der Waals surface area (Å²) in [6.45, 7) is 0. The average Bonchev–Trinajstić information content (AvgIpc) is 2.37. The largest absolute Gasteiger partial charge is 0.398 e. The molecule has 3 nitrogen and oxygen atoms in total. The molecule has 2 rings (SSSR count). The summed E-state index contributed by atoms with van der Waals surface area (Å²) >= 11 is 15.3. The zero-order chi connectivity index (χ0) is 14.0. The Morgan fingerprint density at radius 3 is 2.42 bits per heavy atom. The van der Waals surface area contributed by atoms with E-state index in [0.717, 1.165) is 4.47 Å². The Bertz CT molecular complexity index is 626. The van der Waals surface area contributed by atoms with Crippen molar-refractivity contribution < 1.29 is 4.79 Å². The van der Waals surface area contributed by atoms with E-state index >= 15 is 0 Å². The fourth-order valence-corrected chi connectivity index (χ4v) is 2.38. The molecule has 3 N–H and O–H groups in total. The first kappa shape index (κ1) is 14.2. The van der Waals surface area contributed by atoms with Gasteiger partial charge in [-0.2, -0.15) is 0 Å². The maximum absolute atomic E-state index is 12.2. The first-order valence-electron chi connectivity index (χ1n) is 5.29. The number of benzene rings is 2. The number of anilines is 2. The van der Waals surface area contributed by atoms with Gasteiger partial charge in [-0.15, -0.1) is 0 Å². The van der Waals surface area contributed by atoms with Crippen LogP contribution in [0.2, 0.25) is 10.0 Å². The second-order valence-electron chi connectivity index (χ2n) is 3.78. The van der Waals surface area contributed by atoms with Gasteiger partial charge in [-0.25, -0.2) is 0 Å². The second-order valence-corrected chi connectivity index (χ2v) is 5.51. The highest BCUT2D eigenvalue weighted by Crippen LogP contribution is 2.30. The average molecular weight is 360 g/mol. The molecule has 0 bridgehead atoms. The fraction of sp³-hybridized carbons (Fsp3) is 0. The third-order valence-corrected chi connectivity index (χ3v) is 3.58. The summed E-state index contributed by atoms with van der Waals surface area (Å²) in [7, 11) is 0. The van der Waals surface area contributed by atoms with Crippen LogP contribution in [-0.4, -0.2) is 5.91 Å². The second kappa shape index (κ2) is 5.82. The van der Waals surface area contributed by atoms with Crippen LogP contribution in [0.4, 0.5) is 11.4 Å². The summed E-state index contributed by atoms with van der Waals surface area (Å²) in [6, 6.07) is 10.0. The molecule has 2 aromatic carbocycles. The Morgan fingerprint density at radius 1 is 1.16 bits per heavy atom. The third-order valence-electron chi connectivity index (χ3n) is 2.46. The minimum Gasteiger partial charge on any atom is -0.398 e. The minimum atomic E-state index is -0.367. The molecule has 0 saturated carbocycles. The molecule has 0 aliphatic carbocycles. The van der Waals surface area contributed by atoms with Crippen molar-refractivity contribution in [3.05, 3.63) is 56.5 Å². The zero-order valence-electron chi connectivity index (χ0n) is 9.58. The monoisotopic (exact) mass is 358 g/mol. The molecule has 0 heterocycles. The number of hydrogen-bond donors (Lipinski definition) is 2. The van der Waals surface area contributed by atoms with Crippen LogP contribution in [0.1, 0.15) is 10.4 Å². The van der Waals surface area contributed by atoms with E-state index in [4.69, 9.17) is 28.9 Å². The number of hydrogen-bond acceptors (Lipinski definition) is 2. The topological polar surface area (TPSA) is 55.1 Å². The van der Waals surface area contributed by atoms with Crippen LogP contribution in [0.3, 0.4) is 0 Å². The molecule has 0 fully saturated rings. The van der Waals surface area contributed by atoms with Crippen LogP contribution in [0, 0.1) is 0 Å². The standard InChI is InChI=1S/C13H9BrCl2N2O/c14-7-4-5-11(17)8(6-7)13(19)18-12-9(15)2-1-3-10(12)16/h1-6H,17H2,(H,18,19). The van der Waals surface area contributed by atoms with E-state index in [-0.39, 0.29) is 5.91 Å². The highest BCUT2D eigenvalue weighted by atomic mass is 79.9. The van der Waals surface area contributed by atoms with Gasteiger partial charge < -0.3 is 11.1 Å². The predicted octanol–water partition coefficient (Wildman–Crippen LogP) is 4.59. The van der Waals surface area contributed by atoms with Gasteiger partial charge in [-0.1, -0.05) is 45.2 Å². The first-order valence-corrected chi connectivity index (χ1v) is 6.84. The van der Waals surface area contributed by atoms with Crippen molar-refractivity contribution >= 4 is 56.4 Å². The lowest BCUT2D eigenvalue weighted by atomic mass is 10.1. The van der Waals surface area contributed by atoms with Crippen molar-refractivity contribution in [1.29, 1.82) is 0 Å². The van der Waals surface area contributed by atoms with Crippen LogP contribution < -0.4 is 11.1 Å². The van der Waals surface area contributed by atoms with Gasteiger partial charge in [0.2, 0.25) is 0 Å². The smallest absolute Gasteiger partial charge is 0.257 e. The molecule has 98 valence electrons. The van der Waals surface area contributed by atoms with E-state index in [1.54, 1.807) is 36.4 Å². The quantitative estimate of drug-likeness (QED) is 0.770. The van der Waals surface area contributed by atoms with E-state index in [9.17, 15) is 4.79 Å². The molecule has 0 unspecified atom stereocenters. The van der Waals surface area contributed by atoms with Gasteiger partial charge in [-0.05, 0) is 30.3 Å². The van der Waals surface area contributed by atoms with E-state index in [1.807, 2.05) is 0 Å². The Kier molecular flexibility index (Phi) is 4.34. The lowest BCUT2D eigenvalue weighted by Crippen LogP contribution is -2.14. The number of halogens is 3. The molecular formula is C13H9BrCl2N2O. The lowest BCUT2D eigenvalue weighted by molar-refractivity contribution is 0.102. The summed E-state index contributed by atoms with van der Waals surface area (Å²) in [6.07, 6.45) is 0. The maximum atomic E-state index is 12.2. The van der Waals surface area contributed by atoms with E-state index in [2.05, 4.69) is 21.2 Å². The summed E-state index contributed by atoms with van der Waals surface area (Å²) in [5.41, 5.74) is 6.87. The third kappa shape index (κ3) is 3.21. The van der Waals surface area contributed by atoms with Crippen LogP contribution in [0.5, 0.6) is 0 Å². The molecule has 0 spiro atoms. The Hall–Kier alpha value is -1.23. The summed E-state index contributed by atoms with van der Waals surface area (Å²) in [4.78, 5) is 12.2. The number of rotatable bonds is 2. The van der Waals surface area contributed by atoms with Crippen LogP contribution in [-0.2, 0) is 0 Å². The van der Waals surface area contributed by atoms with Crippen LogP contribution in [0.15, 0.2) is 40.9 Å². The van der Waals surface area contributed by atoms with Crippen molar-refractivity contribution in [2.24, 2.45) is 0 Å². The van der Waals surface area contributed by atoms with E-state index < -0.39 is 0 Å². The van der Waals surface area contributed by atoms with Crippen molar-refractivity contribution in [2.75, 3.05) is 11.1 Å². The number of nitrogen functional groups attached to an aromatic ring is 1. The molecule has 0 aromatic heterocycles. The predicted molar refractivity (Wildman–Crippen MR) is 83.0 cm³/mol. The van der Waals surface area contributed by atoms with E-state index in [1.165, 1.54) is 0 Å². The van der Waals surface area contributed by atoms with Gasteiger partial charge in [0.15, 0.2) is 0 Å². The Labute approximate surface area is 128 Å². The SMILES string of the molecule is Nc1ccc(Br)cc1C(=O)Nc1c(Cl)cccc1Cl. The lowest BCUT2D eigenvalue weighted by Gasteiger charge is -2.10. The zero-order valence-corrected chi connectivity index (χ0v) is 12.7.